The topological polar surface area (TPSA) is 46.6 Å². The molecule has 3 aliphatic rings. The number of rotatable bonds is 9. The Morgan fingerprint density at radius 2 is 1.90 bits per heavy atom. The number of anilines is 1. The van der Waals surface area contributed by atoms with Gasteiger partial charge in [0, 0.05) is 24.5 Å². The van der Waals surface area contributed by atoms with Crippen LogP contribution in [-0.2, 0) is 12.8 Å². The van der Waals surface area contributed by atoms with Crippen molar-refractivity contribution in [2.24, 2.45) is 5.92 Å². The minimum Gasteiger partial charge on any atom is -0.493 e. The van der Waals surface area contributed by atoms with Gasteiger partial charge in [-0.25, -0.2) is 4.98 Å². The van der Waals surface area contributed by atoms with Gasteiger partial charge in [-0.2, -0.15) is 0 Å². The molecule has 1 aromatic carbocycles. The zero-order valence-electron chi connectivity index (χ0n) is 17.6. The summed E-state index contributed by atoms with van der Waals surface area (Å²) in [5, 5.41) is 4.87. The Kier molecular flexibility index (Phi) is 5.49. The Hall–Kier alpha value is -2.01. The molecule has 0 radical (unpaired) electrons. The first-order valence-corrected chi connectivity index (χ1v) is 11.4. The second-order valence-electron chi connectivity index (χ2n) is 8.87. The lowest BCUT2D eigenvalue weighted by atomic mass is 10.0. The Bertz CT molecular complexity index is 872. The number of methoxy groups -OCH3 is 1. The zero-order chi connectivity index (χ0) is 19.6. The predicted molar refractivity (Wildman–Crippen MR) is 117 cm³/mol. The van der Waals surface area contributed by atoms with E-state index in [0.29, 0.717) is 0 Å². The van der Waals surface area contributed by atoms with E-state index in [9.17, 15) is 0 Å². The van der Waals surface area contributed by atoms with Crippen LogP contribution < -0.4 is 14.8 Å². The first kappa shape index (κ1) is 19.0. The number of aromatic nitrogens is 1. The molecular weight excluding hydrogens is 362 g/mol. The van der Waals surface area contributed by atoms with Gasteiger partial charge in [-0.05, 0) is 87.6 Å². The van der Waals surface area contributed by atoms with Crippen molar-refractivity contribution in [3.8, 4) is 11.5 Å². The highest BCUT2D eigenvalue weighted by molar-refractivity contribution is 5.89. The first-order valence-electron chi connectivity index (χ1n) is 11.4. The molecule has 0 atom stereocenters. The van der Waals surface area contributed by atoms with Gasteiger partial charge in [0.2, 0.25) is 0 Å². The van der Waals surface area contributed by atoms with E-state index in [2.05, 4.69) is 22.3 Å². The van der Waals surface area contributed by atoms with Crippen LogP contribution in [0.5, 0.6) is 11.5 Å². The fourth-order valence-electron chi connectivity index (χ4n) is 4.83. The number of benzene rings is 1. The number of pyridine rings is 1. The number of nitrogens with one attached hydrogen (secondary N) is 1. The third-order valence-electron chi connectivity index (χ3n) is 6.67. The highest BCUT2D eigenvalue weighted by Gasteiger charge is 2.24. The van der Waals surface area contributed by atoms with E-state index in [1.54, 1.807) is 7.11 Å². The summed E-state index contributed by atoms with van der Waals surface area (Å²) in [6.07, 6.45) is 9.91. The van der Waals surface area contributed by atoms with Crippen LogP contribution >= 0.6 is 0 Å². The van der Waals surface area contributed by atoms with Crippen molar-refractivity contribution < 1.29 is 9.47 Å². The maximum atomic E-state index is 6.15. The Balaban J connectivity index is 1.36. The van der Waals surface area contributed by atoms with Gasteiger partial charge in [-0.1, -0.05) is 0 Å². The third-order valence-corrected chi connectivity index (χ3v) is 6.67. The average molecular weight is 396 g/mol. The molecule has 0 bridgehead atoms. The molecule has 1 saturated heterocycles. The lowest BCUT2D eigenvalue weighted by Crippen LogP contribution is -2.21. The normalized spacial score (nSPS) is 18.9. The molecule has 1 aromatic heterocycles. The molecule has 2 fully saturated rings. The second-order valence-corrected chi connectivity index (χ2v) is 8.87. The molecular formula is C24H33N3O2. The van der Waals surface area contributed by atoms with Crippen molar-refractivity contribution in [2.75, 3.05) is 45.2 Å². The van der Waals surface area contributed by atoms with Crippen LogP contribution in [0, 0.1) is 5.92 Å². The Morgan fingerprint density at radius 3 is 2.69 bits per heavy atom. The van der Waals surface area contributed by atoms with Crippen molar-refractivity contribution in [2.45, 2.75) is 51.4 Å². The third kappa shape index (κ3) is 4.16. The Labute approximate surface area is 173 Å². The quantitative estimate of drug-likeness (QED) is 0.637. The fourth-order valence-corrected chi connectivity index (χ4v) is 4.83. The summed E-state index contributed by atoms with van der Waals surface area (Å²) in [6, 6.07) is 4.23. The molecule has 1 aliphatic heterocycles. The van der Waals surface area contributed by atoms with Gasteiger partial charge in [0.1, 0.15) is 5.82 Å². The number of nitrogens with zero attached hydrogens (tertiary/aromatic N) is 2. The predicted octanol–water partition coefficient (Wildman–Crippen LogP) is 4.42. The number of likely N-dealkylation sites (tertiary alicyclic amines) is 1. The fraction of sp³-hybridized carbons (Fsp3) is 0.625. The Morgan fingerprint density at radius 1 is 1.07 bits per heavy atom. The van der Waals surface area contributed by atoms with Crippen LogP contribution in [0.3, 0.4) is 0 Å². The highest BCUT2D eigenvalue weighted by Crippen LogP contribution is 2.39. The molecule has 29 heavy (non-hydrogen) atoms. The van der Waals surface area contributed by atoms with Crippen LogP contribution in [0.4, 0.5) is 5.82 Å². The lowest BCUT2D eigenvalue weighted by molar-refractivity contribution is 0.254. The summed E-state index contributed by atoms with van der Waals surface area (Å²) in [5.41, 5.74) is 3.89. The van der Waals surface area contributed by atoms with Gasteiger partial charge in [-0.3, -0.25) is 0 Å². The molecule has 2 heterocycles. The van der Waals surface area contributed by atoms with Gasteiger partial charge in [0.05, 0.1) is 19.2 Å². The summed E-state index contributed by atoms with van der Waals surface area (Å²) < 4.78 is 11.8. The van der Waals surface area contributed by atoms with Gasteiger partial charge in [-0.15, -0.1) is 0 Å². The molecule has 5 rings (SSSR count). The van der Waals surface area contributed by atoms with Crippen molar-refractivity contribution in [1.82, 2.24) is 9.88 Å². The van der Waals surface area contributed by atoms with Crippen LogP contribution in [0.25, 0.3) is 10.9 Å². The van der Waals surface area contributed by atoms with Gasteiger partial charge < -0.3 is 19.7 Å². The van der Waals surface area contributed by atoms with Gasteiger partial charge in [0.15, 0.2) is 11.5 Å². The first-order chi connectivity index (χ1) is 14.3. The van der Waals surface area contributed by atoms with Crippen molar-refractivity contribution in [1.29, 1.82) is 0 Å². The van der Waals surface area contributed by atoms with E-state index < -0.39 is 0 Å². The largest absolute Gasteiger partial charge is 0.493 e. The van der Waals surface area contributed by atoms with E-state index in [-0.39, 0.29) is 0 Å². The van der Waals surface area contributed by atoms with Crippen molar-refractivity contribution >= 4 is 16.7 Å². The van der Waals surface area contributed by atoms with Crippen LogP contribution in [0.15, 0.2) is 12.1 Å². The number of hydrogen-bond donors (Lipinski definition) is 1. The molecule has 5 nitrogen and oxygen atoms in total. The summed E-state index contributed by atoms with van der Waals surface area (Å²) in [4.78, 5) is 7.55. The monoisotopic (exact) mass is 395 g/mol. The molecule has 1 N–H and O–H groups in total. The molecule has 2 aliphatic carbocycles. The summed E-state index contributed by atoms with van der Waals surface area (Å²) in [7, 11) is 1.73. The molecule has 5 heteroatoms. The molecule has 156 valence electrons. The standard InChI is InChI=1S/C24H33N3O2/c1-28-22-14-20-18-6-4-7-19(18)24(25-16-17-8-9-17)26-21(20)15-23(22)29-13-5-12-27-10-2-3-11-27/h14-15,17H,2-13,16H2,1H3,(H,25,26). The molecule has 2 aromatic rings. The van der Waals surface area contributed by atoms with Gasteiger partial charge in [0.25, 0.3) is 0 Å². The molecule has 1 saturated carbocycles. The minimum atomic E-state index is 0.718. The van der Waals surface area contributed by atoms with E-state index in [4.69, 9.17) is 14.5 Å². The van der Waals surface area contributed by atoms with E-state index in [0.717, 1.165) is 67.7 Å². The van der Waals surface area contributed by atoms with E-state index in [1.807, 2.05) is 0 Å². The van der Waals surface area contributed by atoms with Crippen molar-refractivity contribution in [3.63, 3.8) is 0 Å². The number of ether oxygens (including phenoxy) is 2. The summed E-state index contributed by atoms with van der Waals surface area (Å²) >= 11 is 0. The lowest BCUT2D eigenvalue weighted by Gasteiger charge is -2.17. The van der Waals surface area contributed by atoms with E-state index in [1.165, 1.54) is 61.7 Å². The number of hydrogen-bond acceptors (Lipinski definition) is 5. The van der Waals surface area contributed by atoms with Crippen molar-refractivity contribution in [3.05, 3.63) is 23.3 Å². The van der Waals surface area contributed by atoms with Crippen LogP contribution in [0.1, 0.15) is 49.7 Å². The second kappa shape index (κ2) is 8.39. The molecule has 0 spiro atoms. The maximum absolute atomic E-state index is 6.15. The summed E-state index contributed by atoms with van der Waals surface area (Å²) in [5.74, 6) is 3.59. The van der Waals surface area contributed by atoms with Crippen LogP contribution in [0.2, 0.25) is 0 Å². The molecule has 0 amide bonds. The van der Waals surface area contributed by atoms with E-state index >= 15 is 0 Å². The minimum absolute atomic E-state index is 0.718. The maximum Gasteiger partial charge on any atom is 0.163 e. The SMILES string of the molecule is COc1cc2c3c(c(NCC4CC4)nc2cc1OCCCN1CCCC1)CCC3. The number of aryl methyl sites for hydroxylation is 1. The highest BCUT2D eigenvalue weighted by atomic mass is 16.5. The smallest absolute Gasteiger partial charge is 0.163 e. The van der Waals surface area contributed by atoms with Gasteiger partial charge >= 0.3 is 0 Å². The summed E-state index contributed by atoms with van der Waals surface area (Å²) in [6.45, 7) is 5.38. The molecule has 0 unspecified atom stereocenters. The van der Waals surface area contributed by atoms with Crippen LogP contribution in [-0.4, -0.2) is 49.8 Å². The number of fused-ring (bicyclic) bond motifs is 3. The average Bonchev–Trinajstić information content (AvgIpc) is 3.19. The zero-order valence-corrected chi connectivity index (χ0v) is 17.6.